The van der Waals surface area contributed by atoms with Crippen LogP contribution in [0.25, 0.3) is 0 Å². The Hall–Kier alpha value is -1.19. The molecule has 2 nitrogen and oxygen atoms in total. The van der Waals surface area contributed by atoms with E-state index < -0.39 is 0 Å². The zero-order valence-electron chi connectivity index (χ0n) is 13.3. The van der Waals surface area contributed by atoms with Crippen molar-refractivity contribution in [1.29, 1.82) is 0 Å². The van der Waals surface area contributed by atoms with Crippen molar-refractivity contribution in [3.05, 3.63) is 47.3 Å². The van der Waals surface area contributed by atoms with E-state index in [0.29, 0.717) is 12.2 Å². The predicted octanol–water partition coefficient (Wildman–Crippen LogP) is 4.51. The fraction of sp³-hybridized carbons (Fsp3) is 0.556. The largest absolute Gasteiger partial charge is 0.357 e. The molecular formula is C18H26FNO. The molecule has 0 bridgehead atoms. The first-order chi connectivity index (χ1) is 10.1. The second kappa shape index (κ2) is 7.19. The number of rotatable bonds is 6. The van der Waals surface area contributed by atoms with Crippen molar-refractivity contribution in [3.8, 4) is 0 Å². The normalized spacial score (nSPS) is 21.2. The summed E-state index contributed by atoms with van der Waals surface area (Å²) in [7, 11) is 0. The monoisotopic (exact) mass is 291 g/mol. The Morgan fingerprint density at radius 3 is 2.71 bits per heavy atom. The molecule has 0 aliphatic carbocycles. The molecule has 0 amide bonds. The van der Waals surface area contributed by atoms with Gasteiger partial charge in [-0.05, 0) is 44.2 Å². The number of aryl methyl sites for hydroxylation is 1. The Kier molecular flexibility index (Phi) is 5.54. The molecule has 0 saturated carbocycles. The maximum Gasteiger partial charge on any atom is 0.137 e. The lowest BCUT2D eigenvalue weighted by Crippen LogP contribution is -2.41. The van der Waals surface area contributed by atoms with Crippen molar-refractivity contribution in [3.63, 3.8) is 0 Å². The maximum absolute atomic E-state index is 14.3. The van der Waals surface area contributed by atoms with Gasteiger partial charge in [0.25, 0.3) is 0 Å². The van der Waals surface area contributed by atoms with Gasteiger partial charge in [-0.25, -0.2) is 4.39 Å². The summed E-state index contributed by atoms with van der Waals surface area (Å²) >= 11 is 0. The van der Waals surface area contributed by atoms with Gasteiger partial charge in [-0.2, -0.15) is 0 Å². The quantitative estimate of drug-likeness (QED) is 0.779. The van der Waals surface area contributed by atoms with Crippen molar-refractivity contribution >= 4 is 0 Å². The molecule has 1 saturated heterocycles. The van der Waals surface area contributed by atoms with Crippen molar-refractivity contribution < 1.29 is 9.13 Å². The molecule has 1 unspecified atom stereocenters. The SMILES string of the molecule is CC=CCCc1ccc(C2NC(CC)(CC)CO2)c(F)c1. The standard InChI is InChI=1S/C18H26FNO/c1-4-7-8-9-14-10-11-15(16(19)12-14)17-20-18(5-2,6-3)13-21-17/h4,7,10-12,17,20H,5-6,8-9,13H2,1-3H3. The van der Waals surface area contributed by atoms with Gasteiger partial charge in [0.05, 0.1) is 6.61 Å². The molecular weight excluding hydrogens is 265 g/mol. The van der Waals surface area contributed by atoms with Gasteiger partial charge >= 0.3 is 0 Å². The number of benzene rings is 1. The van der Waals surface area contributed by atoms with Crippen molar-refractivity contribution in [2.45, 2.75) is 58.2 Å². The van der Waals surface area contributed by atoms with Crippen molar-refractivity contribution in [2.24, 2.45) is 0 Å². The summed E-state index contributed by atoms with van der Waals surface area (Å²) in [4.78, 5) is 0. The predicted molar refractivity (Wildman–Crippen MR) is 84.7 cm³/mol. The molecule has 0 radical (unpaired) electrons. The lowest BCUT2D eigenvalue weighted by Gasteiger charge is -2.25. The fourth-order valence-electron chi connectivity index (χ4n) is 2.79. The Morgan fingerprint density at radius 2 is 2.14 bits per heavy atom. The first kappa shape index (κ1) is 16.2. The van der Waals surface area contributed by atoms with E-state index in [-0.39, 0.29) is 17.6 Å². The van der Waals surface area contributed by atoms with E-state index in [1.807, 2.05) is 25.1 Å². The van der Waals surface area contributed by atoms with Crippen LogP contribution >= 0.6 is 0 Å². The van der Waals surface area contributed by atoms with Crippen LogP contribution in [0.5, 0.6) is 0 Å². The summed E-state index contributed by atoms with van der Waals surface area (Å²) in [5, 5.41) is 3.46. The lowest BCUT2D eigenvalue weighted by atomic mass is 9.94. The average Bonchev–Trinajstić information content (AvgIpc) is 2.93. The van der Waals surface area contributed by atoms with Crippen LogP contribution in [0.4, 0.5) is 4.39 Å². The topological polar surface area (TPSA) is 21.3 Å². The summed E-state index contributed by atoms with van der Waals surface area (Å²) in [6.07, 6.45) is 7.60. The molecule has 3 heteroatoms. The van der Waals surface area contributed by atoms with Crippen LogP contribution in [-0.4, -0.2) is 12.1 Å². The van der Waals surface area contributed by atoms with Crippen LogP contribution in [0, 0.1) is 5.82 Å². The van der Waals surface area contributed by atoms with Crippen LogP contribution in [0.15, 0.2) is 30.4 Å². The van der Waals surface area contributed by atoms with Gasteiger partial charge < -0.3 is 4.74 Å². The molecule has 0 aromatic heterocycles. The summed E-state index contributed by atoms with van der Waals surface area (Å²) in [6.45, 7) is 6.93. The number of nitrogens with one attached hydrogen (secondary N) is 1. The number of hydrogen-bond donors (Lipinski definition) is 1. The third kappa shape index (κ3) is 3.72. The average molecular weight is 291 g/mol. The Balaban J connectivity index is 2.08. The molecule has 2 rings (SSSR count). The zero-order chi connectivity index (χ0) is 15.3. The van der Waals surface area contributed by atoms with Gasteiger partial charge in [0.1, 0.15) is 12.0 Å². The van der Waals surface area contributed by atoms with Gasteiger partial charge in [-0.15, -0.1) is 0 Å². The minimum Gasteiger partial charge on any atom is -0.357 e. The highest BCUT2D eigenvalue weighted by atomic mass is 19.1. The maximum atomic E-state index is 14.3. The molecule has 1 aromatic carbocycles. The molecule has 21 heavy (non-hydrogen) atoms. The van der Waals surface area contributed by atoms with Crippen LogP contribution in [0.3, 0.4) is 0 Å². The number of halogens is 1. The Labute approximate surface area is 127 Å². The number of ether oxygens (including phenoxy) is 1. The highest BCUT2D eigenvalue weighted by Crippen LogP contribution is 2.32. The van der Waals surface area contributed by atoms with Gasteiger partial charge in [0.2, 0.25) is 0 Å². The number of allylic oxidation sites excluding steroid dienone is 2. The molecule has 116 valence electrons. The molecule has 1 aromatic rings. The second-order valence-corrected chi connectivity index (χ2v) is 5.79. The third-order valence-corrected chi connectivity index (χ3v) is 4.50. The molecule has 1 atom stereocenters. The van der Waals surface area contributed by atoms with Gasteiger partial charge in [0.15, 0.2) is 0 Å². The van der Waals surface area contributed by atoms with Gasteiger partial charge in [0, 0.05) is 11.1 Å². The summed E-state index contributed by atoms with van der Waals surface area (Å²) < 4.78 is 20.1. The van der Waals surface area contributed by atoms with E-state index in [0.717, 1.165) is 31.2 Å². The highest BCUT2D eigenvalue weighted by molar-refractivity contribution is 5.27. The molecule has 0 spiro atoms. The fourth-order valence-corrected chi connectivity index (χ4v) is 2.79. The van der Waals surface area contributed by atoms with Crippen LogP contribution in [0.2, 0.25) is 0 Å². The molecule has 1 fully saturated rings. The van der Waals surface area contributed by atoms with Crippen LogP contribution in [0.1, 0.15) is 57.4 Å². The molecule has 1 aliphatic heterocycles. The van der Waals surface area contributed by atoms with E-state index in [9.17, 15) is 4.39 Å². The van der Waals surface area contributed by atoms with E-state index >= 15 is 0 Å². The number of hydrogen-bond acceptors (Lipinski definition) is 2. The minimum absolute atomic E-state index is 0.0122. The van der Waals surface area contributed by atoms with Crippen LogP contribution < -0.4 is 5.32 Å². The van der Waals surface area contributed by atoms with Crippen molar-refractivity contribution in [2.75, 3.05) is 6.61 Å². The minimum atomic E-state index is -0.325. The molecule has 1 N–H and O–H groups in total. The molecule has 1 heterocycles. The van der Waals surface area contributed by atoms with Crippen LogP contribution in [-0.2, 0) is 11.2 Å². The first-order valence-electron chi connectivity index (χ1n) is 7.93. The van der Waals surface area contributed by atoms with Gasteiger partial charge in [-0.1, -0.05) is 38.1 Å². The first-order valence-corrected chi connectivity index (χ1v) is 7.93. The van der Waals surface area contributed by atoms with E-state index in [2.05, 4.69) is 25.2 Å². The Bertz CT molecular complexity index is 494. The second-order valence-electron chi connectivity index (χ2n) is 5.79. The van der Waals surface area contributed by atoms with Crippen molar-refractivity contribution in [1.82, 2.24) is 5.32 Å². The van der Waals surface area contributed by atoms with E-state index in [1.54, 1.807) is 6.07 Å². The smallest absolute Gasteiger partial charge is 0.137 e. The highest BCUT2D eigenvalue weighted by Gasteiger charge is 2.37. The van der Waals surface area contributed by atoms with E-state index in [1.165, 1.54) is 0 Å². The van der Waals surface area contributed by atoms with E-state index in [4.69, 9.17) is 4.74 Å². The summed E-state index contributed by atoms with van der Waals surface area (Å²) in [5.41, 5.74) is 1.64. The lowest BCUT2D eigenvalue weighted by molar-refractivity contribution is 0.0945. The Morgan fingerprint density at radius 1 is 1.38 bits per heavy atom. The summed E-state index contributed by atoms with van der Waals surface area (Å²) in [6, 6.07) is 5.51. The summed E-state index contributed by atoms with van der Waals surface area (Å²) in [5.74, 6) is -0.173. The third-order valence-electron chi connectivity index (χ3n) is 4.50. The molecule has 1 aliphatic rings. The van der Waals surface area contributed by atoms with Gasteiger partial charge in [-0.3, -0.25) is 5.32 Å². The zero-order valence-corrected chi connectivity index (χ0v) is 13.3.